The molecule has 2 rings (SSSR count). The molecule has 2 heterocycles. The number of aliphatic carboxylic acids is 1. The molecule has 0 aromatic carbocycles. The highest BCUT2D eigenvalue weighted by Gasteiger charge is 2.09. The first-order chi connectivity index (χ1) is 9.08. The van der Waals surface area contributed by atoms with Gasteiger partial charge in [-0.25, -0.2) is 9.97 Å². The van der Waals surface area contributed by atoms with E-state index >= 15 is 0 Å². The van der Waals surface area contributed by atoms with Crippen molar-refractivity contribution in [2.24, 2.45) is 7.05 Å². The van der Waals surface area contributed by atoms with E-state index in [1.807, 2.05) is 0 Å². The zero-order chi connectivity index (χ0) is 13.8. The number of carboxylic acid groups (broad SMARTS) is 1. The van der Waals surface area contributed by atoms with Crippen LogP contribution in [0.5, 0.6) is 0 Å². The third kappa shape index (κ3) is 2.94. The first-order valence-electron chi connectivity index (χ1n) is 5.43. The van der Waals surface area contributed by atoms with Crippen molar-refractivity contribution in [2.75, 3.05) is 18.4 Å². The lowest BCUT2D eigenvalue weighted by Gasteiger charge is -2.06. The number of carbonyl (C=O) groups is 2. The summed E-state index contributed by atoms with van der Waals surface area (Å²) in [5.41, 5.74) is 0.642. The smallest absolute Gasteiger partial charge is 0.322 e. The number of hydrogen-bond donors (Lipinski definition) is 3. The number of hydrogen-bond acceptors (Lipinski definition) is 6. The maximum absolute atomic E-state index is 11.4. The number of carbonyl (C=O) groups excluding carboxylic acids is 1. The van der Waals surface area contributed by atoms with Gasteiger partial charge in [0, 0.05) is 7.05 Å². The monoisotopic (exact) mass is 264 g/mol. The minimum absolute atomic E-state index is 0.0751. The molecule has 0 spiro atoms. The van der Waals surface area contributed by atoms with Crippen molar-refractivity contribution in [3.05, 3.63) is 12.5 Å². The van der Waals surface area contributed by atoms with E-state index < -0.39 is 18.4 Å². The molecule has 0 aliphatic carbocycles. The van der Waals surface area contributed by atoms with E-state index in [9.17, 15) is 9.59 Å². The highest BCUT2D eigenvalue weighted by atomic mass is 16.4. The van der Waals surface area contributed by atoms with Crippen LogP contribution in [-0.4, -0.2) is 49.8 Å². The molecule has 0 saturated heterocycles. The average molecular weight is 264 g/mol. The van der Waals surface area contributed by atoms with Gasteiger partial charge in [0.2, 0.25) is 5.91 Å². The Morgan fingerprint density at radius 2 is 2.16 bits per heavy atom. The predicted octanol–water partition coefficient (Wildman–Crippen LogP) is -1.02. The molecule has 1 amide bonds. The number of rotatable bonds is 5. The molecule has 0 saturated carbocycles. The number of nitrogens with zero attached hydrogens (tertiary/aromatic N) is 4. The summed E-state index contributed by atoms with van der Waals surface area (Å²) in [6, 6.07) is 0. The van der Waals surface area contributed by atoms with Crippen LogP contribution in [0.25, 0.3) is 11.0 Å². The zero-order valence-corrected chi connectivity index (χ0v) is 10.1. The molecule has 2 aromatic heterocycles. The fraction of sp³-hybridized carbons (Fsp3) is 0.300. The number of fused-ring (bicyclic) bond motifs is 1. The van der Waals surface area contributed by atoms with Crippen molar-refractivity contribution in [1.29, 1.82) is 0 Å². The van der Waals surface area contributed by atoms with Gasteiger partial charge in [0.1, 0.15) is 18.7 Å². The van der Waals surface area contributed by atoms with Crippen LogP contribution in [0.3, 0.4) is 0 Å². The van der Waals surface area contributed by atoms with Gasteiger partial charge in [0.15, 0.2) is 5.65 Å². The summed E-state index contributed by atoms with van der Waals surface area (Å²) in [4.78, 5) is 29.7. The van der Waals surface area contributed by atoms with Crippen LogP contribution in [0.1, 0.15) is 0 Å². The molecule has 100 valence electrons. The minimum Gasteiger partial charge on any atom is -0.480 e. The van der Waals surface area contributed by atoms with Gasteiger partial charge in [-0.15, -0.1) is 0 Å². The molecule has 0 aliphatic heterocycles. The Morgan fingerprint density at radius 1 is 1.37 bits per heavy atom. The summed E-state index contributed by atoms with van der Waals surface area (Å²) in [5.74, 6) is -1.05. The molecule has 0 fully saturated rings. The van der Waals surface area contributed by atoms with Crippen LogP contribution in [0.4, 0.5) is 5.82 Å². The SMILES string of the molecule is Cn1ncc2c(NCC(=O)NCC(=O)O)ncnc21. The highest BCUT2D eigenvalue weighted by molar-refractivity contribution is 5.89. The molecule has 19 heavy (non-hydrogen) atoms. The van der Waals surface area contributed by atoms with Crippen molar-refractivity contribution < 1.29 is 14.7 Å². The summed E-state index contributed by atoms with van der Waals surface area (Å²) >= 11 is 0. The van der Waals surface area contributed by atoms with Gasteiger partial charge in [-0.3, -0.25) is 14.3 Å². The van der Waals surface area contributed by atoms with Crippen LogP contribution < -0.4 is 10.6 Å². The molecule has 9 heteroatoms. The Labute approximate surface area is 107 Å². The maximum atomic E-state index is 11.4. The van der Waals surface area contributed by atoms with Crippen molar-refractivity contribution in [2.45, 2.75) is 0 Å². The summed E-state index contributed by atoms with van der Waals surface area (Å²) < 4.78 is 1.59. The maximum Gasteiger partial charge on any atom is 0.322 e. The second-order valence-electron chi connectivity index (χ2n) is 3.75. The molecule has 2 aromatic rings. The van der Waals surface area contributed by atoms with Crippen molar-refractivity contribution >= 4 is 28.7 Å². The van der Waals surface area contributed by atoms with E-state index in [1.54, 1.807) is 17.9 Å². The number of nitrogens with one attached hydrogen (secondary N) is 2. The molecular formula is C10H12N6O3. The van der Waals surface area contributed by atoms with Crippen LogP contribution in [0.15, 0.2) is 12.5 Å². The van der Waals surface area contributed by atoms with Crippen LogP contribution >= 0.6 is 0 Å². The van der Waals surface area contributed by atoms with E-state index in [2.05, 4.69) is 25.7 Å². The van der Waals surface area contributed by atoms with Gasteiger partial charge in [0.05, 0.1) is 18.1 Å². The van der Waals surface area contributed by atoms with E-state index in [0.717, 1.165) is 0 Å². The Balaban J connectivity index is 2.02. The number of aryl methyl sites for hydroxylation is 1. The fourth-order valence-electron chi connectivity index (χ4n) is 1.50. The standard InChI is InChI=1S/C10H12N6O3/c1-16-10-6(2-15-16)9(13-5-14-10)12-3-7(17)11-4-8(18)19/h2,5H,3-4H2,1H3,(H,11,17)(H,18,19)(H,12,13,14). The number of anilines is 1. The van der Waals surface area contributed by atoms with Gasteiger partial charge in [-0.1, -0.05) is 0 Å². The third-order valence-electron chi connectivity index (χ3n) is 2.38. The van der Waals surface area contributed by atoms with E-state index in [-0.39, 0.29) is 6.54 Å². The quantitative estimate of drug-likeness (QED) is 0.631. The molecule has 0 atom stereocenters. The molecule has 0 bridgehead atoms. The number of amides is 1. The van der Waals surface area contributed by atoms with Crippen molar-refractivity contribution in [1.82, 2.24) is 25.1 Å². The summed E-state index contributed by atoms with van der Waals surface area (Å²) in [5, 5.41) is 18.2. The lowest BCUT2D eigenvalue weighted by Crippen LogP contribution is -2.34. The van der Waals surface area contributed by atoms with Gasteiger partial charge < -0.3 is 15.7 Å². The second kappa shape index (κ2) is 5.29. The first-order valence-corrected chi connectivity index (χ1v) is 5.43. The lowest BCUT2D eigenvalue weighted by atomic mass is 10.4. The number of aromatic nitrogens is 4. The molecule has 0 radical (unpaired) electrons. The highest BCUT2D eigenvalue weighted by Crippen LogP contribution is 2.16. The van der Waals surface area contributed by atoms with Gasteiger partial charge in [-0.2, -0.15) is 5.10 Å². The van der Waals surface area contributed by atoms with Crippen LogP contribution in [0.2, 0.25) is 0 Å². The minimum atomic E-state index is -1.09. The Kier molecular flexibility index (Phi) is 3.55. The van der Waals surface area contributed by atoms with Crippen molar-refractivity contribution in [3.8, 4) is 0 Å². The Bertz CT molecular complexity index is 623. The predicted molar refractivity (Wildman–Crippen MR) is 65.4 cm³/mol. The molecule has 3 N–H and O–H groups in total. The topological polar surface area (TPSA) is 122 Å². The van der Waals surface area contributed by atoms with Crippen LogP contribution in [0, 0.1) is 0 Å². The number of carboxylic acids is 1. The Morgan fingerprint density at radius 3 is 2.89 bits per heavy atom. The van der Waals surface area contributed by atoms with E-state index in [0.29, 0.717) is 16.9 Å². The van der Waals surface area contributed by atoms with Crippen molar-refractivity contribution in [3.63, 3.8) is 0 Å². The molecule has 0 unspecified atom stereocenters. The normalized spacial score (nSPS) is 10.4. The lowest BCUT2D eigenvalue weighted by molar-refractivity contribution is -0.137. The molecular weight excluding hydrogens is 252 g/mol. The Hall–Kier alpha value is -2.71. The summed E-state index contributed by atoms with van der Waals surface area (Å²) in [7, 11) is 1.75. The first kappa shape index (κ1) is 12.7. The van der Waals surface area contributed by atoms with Gasteiger partial charge in [-0.05, 0) is 0 Å². The third-order valence-corrected chi connectivity index (χ3v) is 2.38. The summed E-state index contributed by atoms with van der Waals surface area (Å²) in [6.45, 7) is -0.485. The van der Waals surface area contributed by atoms with E-state index in [4.69, 9.17) is 5.11 Å². The zero-order valence-electron chi connectivity index (χ0n) is 10.1. The van der Waals surface area contributed by atoms with Crippen LogP contribution in [-0.2, 0) is 16.6 Å². The molecule has 0 aliphatic rings. The van der Waals surface area contributed by atoms with Gasteiger partial charge in [0.25, 0.3) is 0 Å². The van der Waals surface area contributed by atoms with Gasteiger partial charge >= 0.3 is 5.97 Å². The molecule has 9 nitrogen and oxygen atoms in total. The average Bonchev–Trinajstić information content (AvgIpc) is 2.76. The fourth-order valence-corrected chi connectivity index (χ4v) is 1.50. The summed E-state index contributed by atoms with van der Waals surface area (Å²) in [6.07, 6.45) is 2.95. The van der Waals surface area contributed by atoms with E-state index in [1.165, 1.54) is 6.33 Å². The second-order valence-corrected chi connectivity index (χ2v) is 3.75. The largest absolute Gasteiger partial charge is 0.480 e.